The van der Waals surface area contributed by atoms with E-state index in [1.165, 1.54) is 0 Å². The number of carbonyl (C=O) groups is 2. The zero-order valence-electron chi connectivity index (χ0n) is 15.9. The number of likely N-dealkylation sites (tertiary alicyclic amines) is 1. The lowest BCUT2D eigenvalue weighted by Crippen LogP contribution is -2.41. The van der Waals surface area contributed by atoms with Crippen molar-refractivity contribution in [3.05, 3.63) is 59.8 Å². The summed E-state index contributed by atoms with van der Waals surface area (Å²) in [6, 6.07) is 15.5. The van der Waals surface area contributed by atoms with Gasteiger partial charge in [0.1, 0.15) is 0 Å². The van der Waals surface area contributed by atoms with Crippen molar-refractivity contribution in [2.45, 2.75) is 26.2 Å². The molecule has 2 aromatic carbocycles. The zero-order valence-corrected chi connectivity index (χ0v) is 15.9. The van der Waals surface area contributed by atoms with Crippen molar-refractivity contribution in [3.8, 4) is 0 Å². The van der Waals surface area contributed by atoms with E-state index in [1.807, 2.05) is 48.5 Å². The molecule has 6 nitrogen and oxygen atoms in total. The third-order valence-corrected chi connectivity index (χ3v) is 5.48. The predicted octanol–water partition coefficient (Wildman–Crippen LogP) is 3.62. The summed E-state index contributed by atoms with van der Waals surface area (Å²) in [6.07, 6.45) is 2.20. The highest BCUT2D eigenvalue weighted by Gasteiger charge is 2.29. The minimum absolute atomic E-state index is 0.0400. The quantitative estimate of drug-likeness (QED) is 0.730. The van der Waals surface area contributed by atoms with Gasteiger partial charge in [0.2, 0.25) is 5.91 Å². The summed E-state index contributed by atoms with van der Waals surface area (Å²) in [7, 11) is 0. The number of aromatic amines is 1. The van der Waals surface area contributed by atoms with E-state index in [9.17, 15) is 9.59 Å². The molecule has 3 aromatic rings. The number of amides is 2. The molecule has 1 aromatic heterocycles. The van der Waals surface area contributed by atoms with E-state index in [-0.39, 0.29) is 17.7 Å². The van der Waals surface area contributed by atoms with Crippen LogP contribution in [-0.4, -0.2) is 40.0 Å². The second-order valence-corrected chi connectivity index (χ2v) is 7.18. The summed E-state index contributed by atoms with van der Waals surface area (Å²) in [4.78, 5) is 27.4. The first-order chi connectivity index (χ1) is 13.7. The number of nitrogens with zero attached hydrogens (tertiary/aromatic N) is 2. The van der Waals surface area contributed by atoms with Gasteiger partial charge in [0.25, 0.3) is 5.91 Å². The molecule has 144 valence electrons. The smallest absolute Gasteiger partial charge is 0.274 e. The summed E-state index contributed by atoms with van der Waals surface area (Å²) in [6.45, 7) is 3.20. The van der Waals surface area contributed by atoms with Gasteiger partial charge in [-0.05, 0) is 37.0 Å². The van der Waals surface area contributed by atoms with Crippen molar-refractivity contribution >= 4 is 28.4 Å². The van der Waals surface area contributed by atoms with E-state index in [1.54, 1.807) is 4.90 Å². The van der Waals surface area contributed by atoms with Gasteiger partial charge in [-0.2, -0.15) is 5.10 Å². The van der Waals surface area contributed by atoms with Crippen molar-refractivity contribution in [1.82, 2.24) is 15.1 Å². The van der Waals surface area contributed by atoms with Gasteiger partial charge in [-0.1, -0.05) is 43.3 Å². The third-order valence-electron chi connectivity index (χ3n) is 5.48. The van der Waals surface area contributed by atoms with Gasteiger partial charge in [-0.3, -0.25) is 14.7 Å². The molecule has 2 amide bonds. The Morgan fingerprint density at radius 3 is 2.61 bits per heavy atom. The largest absolute Gasteiger partial charge is 0.337 e. The number of aryl methyl sites for hydroxylation is 1. The summed E-state index contributed by atoms with van der Waals surface area (Å²) >= 11 is 0. The van der Waals surface area contributed by atoms with Crippen LogP contribution >= 0.6 is 0 Å². The van der Waals surface area contributed by atoms with Gasteiger partial charge >= 0.3 is 0 Å². The molecule has 4 rings (SSSR count). The summed E-state index contributed by atoms with van der Waals surface area (Å²) in [5.74, 6) is -0.115. The summed E-state index contributed by atoms with van der Waals surface area (Å²) < 4.78 is 0. The van der Waals surface area contributed by atoms with Crippen LogP contribution in [0, 0.1) is 5.92 Å². The van der Waals surface area contributed by atoms with Gasteiger partial charge in [-0.25, -0.2) is 0 Å². The number of hydrogen-bond donors (Lipinski definition) is 2. The highest BCUT2D eigenvalue weighted by molar-refractivity contribution is 6.04. The average Bonchev–Trinajstić information content (AvgIpc) is 3.18. The standard InChI is InChI=1S/C22H24N4O2/c1-2-15-7-3-5-9-18(15)23-21(27)16-11-13-26(14-12-16)22(28)20-17-8-4-6-10-19(17)24-25-20/h3-10,16H,2,11-14H2,1H3,(H,23,27)(H,24,25). The normalized spacial score (nSPS) is 15.0. The minimum Gasteiger partial charge on any atom is -0.337 e. The molecule has 1 aliphatic rings. The van der Waals surface area contributed by atoms with Crippen molar-refractivity contribution in [3.63, 3.8) is 0 Å². The van der Waals surface area contributed by atoms with Crippen LogP contribution in [0.25, 0.3) is 10.9 Å². The highest BCUT2D eigenvalue weighted by atomic mass is 16.2. The molecule has 1 saturated heterocycles. The predicted molar refractivity (Wildman–Crippen MR) is 109 cm³/mol. The van der Waals surface area contributed by atoms with Gasteiger partial charge in [0.15, 0.2) is 5.69 Å². The molecule has 0 radical (unpaired) electrons. The summed E-state index contributed by atoms with van der Waals surface area (Å²) in [5.41, 5.74) is 3.33. The number of anilines is 1. The molecule has 0 atom stereocenters. The molecular weight excluding hydrogens is 352 g/mol. The Morgan fingerprint density at radius 2 is 1.82 bits per heavy atom. The number of benzene rings is 2. The van der Waals surface area contributed by atoms with Crippen LogP contribution < -0.4 is 5.32 Å². The number of H-pyrrole nitrogens is 1. The van der Waals surface area contributed by atoms with Crippen LogP contribution in [0.5, 0.6) is 0 Å². The lowest BCUT2D eigenvalue weighted by atomic mass is 9.95. The molecule has 0 spiro atoms. The molecule has 1 fully saturated rings. The maximum absolute atomic E-state index is 12.9. The van der Waals surface area contributed by atoms with Crippen molar-refractivity contribution in [2.75, 3.05) is 18.4 Å². The fraction of sp³-hybridized carbons (Fsp3) is 0.318. The number of rotatable bonds is 4. The number of fused-ring (bicyclic) bond motifs is 1. The van der Waals surface area contributed by atoms with Gasteiger partial charge in [0.05, 0.1) is 5.52 Å². The van der Waals surface area contributed by atoms with Gasteiger partial charge in [-0.15, -0.1) is 0 Å². The van der Waals surface area contributed by atoms with Crippen LogP contribution in [0.2, 0.25) is 0 Å². The molecule has 0 saturated carbocycles. The fourth-order valence-electron chi connectivity index (χ4n) is 3.81. The maximum atomic E-state index is 12.9. The van der Waals surface area contributed by atoms with Gasteiger partial charge < -0.3 is 10.2 Å². The molecule has 2 N–H and O–H groups in total. The van der Waals surface area contributed by atoms with Crippen LogP contribution in [-0.2, 0) is 11.2 Å². The molecular formula is C22H24N4O2. The monoisotopic (exact) mass is 376 g/mol. The Hall–Kier alpha value is -3.15. The molecule has 1 aliphatic heterocycles. The minimum atomic E-state index is -0.0788. The number of piperidine rings is 1. The molecule has 0 unspecified atom stereocenters. The van der Waals surface area contributed by atoms with E-state index in [2.05, 4.69) is 22.4 Å². The van der Waals surface area contributed by atoms with Crippen LogP contribution in [0.3, 0.4) is 0 Å². The Kier molecular flexibility index (Phi) is 5.10. The molecule has 28 heavy (non-hydrogen) atoms. The average molecular weight is 376 g/mol. The zero-order chi connectivity index (χ0) is 19.5. The fourth-order valence-corrected chi connectivity index (χ4v) is 3.81. The van der Waals surface area contributed by atoms with Crippen molar-refractivity contribution in [1.29, 1.82) is 0 Å². The second-order valence-electron chi connectivity index (χ2n) is 7.18. The number of hydrogen-bond acceptors (Lipinski definition) is 3. The molecule has 6 heteroatoms. The number of carbonyl (C=O) groups excluding carboxylic acids is 2. The van der Waals surface area contributed by atoms with Crippen LogP contribution in [0.15, 0.2) is 48.5 Å². The molecule has 2 heterocycles. The first-order valence-electron chi connectivity index (χ1n) is 9.78. The van der Waals surface area contributed by atoms with E-state index in [0.717, 1.165) is 28.6 Å². The van der Waals surface area contributed by atoms with E-state index in [0.29, 0.717) is 31.6 Å². The van der Waals surface area contributed by atoms with Crippen molar-refractivity contribution < 1.29 is 9.59 Å². The van der Waals surface area contributed by atoms with Crippen LogP contribution in [0.4, 0.5) is 5.69 Å². The summed E-state index contributed by atoms with van der Waals surface area (Å²) in [5, 5.41) is 11.0. The number of aromatic nitrogens is 2. The SMILES string of the molecule is CCc1ccccc1NC(=O)C1CCN(C(=O)c2n[nH]c3ccccc23)CC1. The lowest BCUT2D eigenvalue weighted by Gasteiger charge is -2.31. The van der Waals surface area contributed by atoms with E-state index in [4.69, 9.17) is 0 Å². The Labute approximate surface area is 163 Å². The second kappa shape index (κ2) is 7.84. The molecule has 0 bridgehead atoms. The first-order valence-corrected chi connectivity index (χ1v) is 9.78. The Bertz CT molecular complexity index is 1000. The van der Waals surface area contributed by atoms with E-state index >= 15 is 0 Å². The topological polar surface area (TPSA) is 78.1 Å². The maximum Gasteiger partial charge on any atom is 0.274 e. The molecule has 0 aliphatic carbocycles. The Morgan fingerprint density at radius 1 is 1.11 bits per heavy atom. The highest BCUT2D eigenvalue weighted by Crippen LogP contribution is 2.24. The lowest BCUT2D eigenvalue weighted by molar-refractivity contribution is -0.121. The number of nitrogens with one attached hydrogen (secondary N) is 2. The Balaban J connectivity index is 1.39. The van der Waals surface area contributed by atoms with E-state index < -0.39 is 0 Å². The third kappa shape index (κ3) is 3.50. The van der Waals surface area contributed by atoms with Crippen molar-refractivity contribution in [2.24, 2.45) is 5.92 Å². The first kappa shape index (κ1) is 18.2. The van der Waals surface area contributed by atoms with Crippen LogP contribution in [0.1, 0.15) is 35.8 Å². The number of para-hydroxylation sites is 2. The van der Waals surface area contributed by atoms with Gasteiger partial charge in [0, 0.05) is 30.1 Å².